The Morgan fingerprint density at radius 2 is 1.90 bits per heavy atom. The van der Waals surface area contributed by atoms with Crippen LogP contribution in [0.4, 0.5) is 5.69 Å². The van der Waals surface area contributed by atoms with Gasteiger partial charge >= 0.3 is 0 Å². The molecule has 1 aromatic rings. The highest BCUT2D eigenvalue weighted by Crippen LogP contribution is 2.31. The summed E-state index contributed by atoms with van der Waals surface area (Å²) in [7, 11) is 0. The van der Waals surface area contributed by atoms with Gasteiger partial charge in [-0.2, -0.15) is 0 Å². The lowest BCUT2D eigenvalue weighted by molar-refractivity contribution is -0.144. The van der Waals surface area contributed by atoms with Crippen LogP contribution in [0.5, 0.6) is 0 Å². The van der Waals surface area contributed by atoms with E-state index in [0.717, 1.165) is 5.69 Å². The third kappa shape index (κ3) is 3.63. The first kappa shape index (κ1) is 16.0. The molecule has 0 radical (unpaired) electrons. The molecule has 21 heavy (non-hydrogen) atoms. The third-order valence-corrected chi connectivity index (χ3v) is 4.33. The van der Waals surface area contributed by atoms with Crippen molar-refractivity contribution in [3.63, 3.8) is 0 Å². The number of rotatable bonds is 5. The standard InChI is InChI=1S/C17H26N2O2/c1-13(2)17(21)11-19(12-17)10-16(3,4)15(20)18-14-8-6-5-7-9-14/h5-9,13,21H,10-12H2,1-4H3,(H,18,20). The Morgan fingerprint density at radius 1 is 1.33 bits per heavy atom. The molecule has 0 saturated carbocycles. The maximum Gasteiger partial charge on any atom is 0.231 e. The molecule has 2 N–H and O–H groups in total. The molecule has 2 rings (SSSR count). The fourth-order valence-corrected chi connectivity index (χ4v) is 2.66. The molecular weight excluding hydrogens is 264 g/mol. The summed E-state index contributed by atoms with van der Waals surface area (Å²) >= 11 is 0. The number of benzene rings is 1. The first-order valence-corrected chi connectivity index (χ1v) is 7.54. The number of nitrogens with one attached hydrogen (secondary N) is 1. The van der Waals surface area contributed by atoms with Crippen molar-refractivity contribution in [2.45, 2.75) is 33.3 Å². The van der Waals surface area contributed by atoms with E-state index in [1.165, 1.54) is 0 Å². The topological polar surface area (TPSA) is 52.6 Å². The van der Waals surface area contributed by atoms with Crippen molar-refractivity contribution in [2.75, 3.05) is 25.0 Å². The van der Waals surface area contributed by atoms with Gasteiger partial charge < -0.3 is 10.4 Å². The number of amides is 1. The Bertz CT molecular complexity index is 491. The number of β-amino-alcohol motifs (C(OH)–C–C–N with tert-alkyl or cyclic N) is 1. The zero-order chi connectivity index (χ0) is 15.7. The second-order valence-corrected chi connectivity index (χ2v) is 7.11. The Kier molecular flexibility index (Phi) is 4.40. The average Bonchev–Trinajstić information content (AvgIpc) is 2.37. The van der Waals surface area contributed by atoms with E-state index in [1.807, 2.05) is 58.0 Å². The van der Waals surface area contributed by atoms with Gasteiger partial charge in [-0.05, 0) is 31.9 Å². The molecule has 0 unspecified atom stereocenters. The van der Waals surface area contributed by atoms with Crippen LogP contribution in [-0.2, 0) is 4.79 Å². The lowest BCUT2D eigenvalue weighted by Gasteiger charge is -2.51. The Balaban J connectivity index is 1.89. The highest BCUT2D eigenvalue weighted by molar-refractivity contribution is 5.94. The van der Waals surface area contributed by atoms with Gasteiger partial charge in [0, 0.05) is 25.3 Å². The van der Waals surface area contributed by atoms with Crippen molar-refractivity contribution in [1.82, 2.24) is 4.90 Å². The van der Waals surface area contributed by atoms with E-state index in [0.29, 0.717) is 19.6 Å². The van der Waals surface area contributed by atoms with Crippen LogP contribution in [0.15, 0.2) is 30.3 Å². The van der Waals surface area contributed by atoms with Gasteiger partial charge in [-0.25, -0.2) is 0 Å². The largest absolute Gasteiger partial charge is 0.387 e. The molecule has 0 aromatic heterocycles. The molecule has 1 amide bonds. The lowest BCUT2D eigenvalue weighted by Crippen LogP contribution is -2.66. The van der Waals surface area contributed by atoms with Crippen LogP contribution in [0.1, 0.15) is 27.7 Å². The van der Waals surface area contributed by atoms with E-state index in [4.69, 9.17) is 0 Å². The van der Waals surface area contributed by atoms with Gasteiger partial charge in [0.25, 0.3) is 0 Å². The predicted octanol–water partition coefficient (Wildman–Crippen LogP) is 2.35. The van der Waals surface area contributed by atoms with Gasteiger partial charge in [-0.1, -0.05) is 32.0 Å². The van der Waals surface area contributed by atoms with Crippen LogP contribution >= 0.6 is 0 Å². The van der Waals surface area contributed by atoms with Crippen molar-refractivity contribution in [3.8, 4) is 0 Å². The van der Waals surface area contributed by atoms with Crippen molar-refractivity contribution < 1.29 is 9.90 Å². The van der Waals surface area contributed by atoms with E-state index in [1.54, 1.807) is 0 Å². The maximum atomic E-state index is 12.4. The van der Waals surface area contributed by atoms with Crippen LogP contribution in [-0.4, -0.2) is 41.1 Å². The number of likely N-dealkylation sites (tertiary alicyclic amines) is 1. The molecule has 1 aliphatic rings. The number of aliphatic hydroxyl groups is 1. The van der Waals surface area contributed by atoms with Crippen molar-refractivity contribution in [1.29, 1.82) is 0 Å². The normalized spacial score (nSPS) is 18.4. The average molecular weight is 290 g/mol. The molecule has 0 spiro atoms. The Morgan fingerprint density at radius 3 is 2.43 bits per heavy atom. The van der Waals surface area contributed by atoms with Gasteiger partial charge in [-0.3, -0.25) is 9.69 Å². The predicted molar refractivity (Wildman–Crippen MR) is 85.1 cm³/mol. The number of carbonyl (C=O) groups is 1. The Labute approximate surface area is 127 Å². The van der Waals surface area contributed by atoms with Gasteiger partial charge in [0.15, 0.2) is 0 Å². The molecule has 4 nitrogen and oxygen atoms in total. The number of para-hydroxylation sites is 1. The van der Waals surface area contributed by atoms with Gasteiger partial charge in [0.1, 0.15) is 0 Å². The zero-order valence-corrected chi connectivity index (χ0v) is 13.4. The van der Waals surface area contributed by atoms with Gasteiger partial charge in [0.05, 0.1) is 11.0 Å². The quantitative estimate of drug-likeness (QED) is 0.875. The van der Waals surface area contributed by atoms with E-state index >= 15 is 0 Å². The fourth-order valence-electron chi connectivity index (χ4n) is 2.66. The summed E-state index contributed by atoms with van der Waals surface area (Å²) in [6.45, 7) is 9.89. The van der Waals surface area contributed by atoms with E-state index < -0.39 is 11.0 Å². The van der Waals surface area contributed by atoms with Crippen molar-refractivity contribution in [2.24, 2.45) is 11.3 Å². The third-order valence-electron chi connectivity index (χ3n) is 4.33. The SMILES string of the molecule is CC(C)C1(O)CN(CC(C)(C)C(=O)Nc2ccccc2)C1. The lowest BCUT2D eigenvalue weighted by atomic mass is 9.80. The number of hydrogen-bond donors (Lipinski definition) is 2. The summed E-state index contributed by atoms with van der Waals surface area (Å²) in [4.78, 5) is 14.5. The minimum atomic E-state index is -0.591. The number of hydrogen-bond acceptors (Lipinski definition) is 3. The summed E-state index contributed by atoms with van der Waals surface area (Å²) in [6, 6.07) is 9.50. The minimum absolute atomic E-state index is 0.00804. The molecule has 1 heterocycles. The monoisotopic (exact) mass is 290 g/mol. The van der Waals surface area contributed by atoms with E-state index in [9.17, 15) is 9.90 Å². The molecule has 1 fully saturated rings. The highest BCUT2D eigenvalue weighted by atomic mass is 16.3. The minimum Gasteiger partial charge on any atom is -0.387 e. The zero-order valence-electron chi connectivity index (χ0n) is 13.4. The summed E-state index contributed by atoms with van der Waals surface area (Å²) in [5.41, 5.74) is -0.266. The first-order valence-electron chi connectivity index (χ1n) is 7.54. The first-order chi connectivity index (χ1) is 9.73. The molecule has 0 bridgehead atoms. The molecule has 116 valence electrons. The van der Waals surface area contributed by atoms with E-state index in [2.05, 4.69) is 10.2 Å². The van der Waals surface area contributed by atoms with Crippen LogP contribution in [0.2, 0.25) is 0 Å². The van der Waals surface area contributed by atoms with Crippen LogP contribution in [0.3, 0.4) is 0 Å². The number of anilines is 1. The maximum absolute atomic E-state index is 12.4. The second-order valence-electron chi connectivity index (χ2n) is 7.11. The molecule has 1 aliphatic heterocycles. The molecule has 0 atom stereocenters. The highest BCUT2D eigenvalue weighted by Gasteiger charge is 2.45. The van der Waals surface area contributed by atoms with Crippen LogP contribution < -0.4 is 5.32 Å². The van der Waals surface area contributed by atoms with Gasteiger partial charge in [-0.15, -0.1) is 0 Å². The van der Waals surface area contributed by atoms with E-state index in [-0.39, 0.29) is 11.8 Å². The van der Waals surface area contributed by atoms with Crippen LogP contribution in [0.25, 0.3) is 0 Å². The van der Waals surface area contributed by atoms with Crippen molar-refractivity contribution >= 4 is 11.6 Å². The Hall–Kier alpha value is -1.39. The number of nitrogens with zero attached hydrogens (tertiary/aromatic N) is 1. The summed E-state index contributed by atoms with van der Waals surface area (Å²) in [5.74, 6) is 0.253. The summed E-state index contributed by atoms with van der Waals surface area (Å²) in [6.07, 6.45) is 0. The smallest absolute Gasteiger partial charge is 0.231 e. The second kappa shape index (κ2) is 5.78. The van der Waals surface area contributed by atoms with Gasteiger partial charge in [0.2, 0.25) is 5.91 Å². The molecule has 1 aromatic carbocycles. The fraction of sp³-hybridized carbons (Fsp3) is 0.588. The summed E-state index contributed by atoms with van der Waals surface area (Å²) in [5, 5.41) is 13.2. The molecular formula is C17H26N2O2. The summed E-state index contributed by atoms with van der Waals surface area (Å²) < 4.78 is 0. The molecule has 1 saturated heterocycles. The van der Waals surface area contributed by atoms with Crippen molar-refractivity contribution in [3.05, 3.63) is 30.3 Å². The number of carbonyl (C=O) groups excluding carboxylic acids is 1. The molecule has 4 heteroatoms. The van der Waals surface area contributed by atoms with Crippen LogP contribution in [0, 0.1) is 11.3 Å². The molecule has 0 aliphatic carbocycles.